The Morgan fingerprint density at radius 1 is 1.11 bits per heavy atom. The zero-order valence-corrected chi connectivity index (χ0v) is 16.6. The molecule has 150 valence electrons. The number of rotatable bonds is 5. The van der Waals surface area contributed by atoms with Gasteiger partial charge in [-0.1, -0.05) is 23.3 Å². The van der Waals surface area contributed by atoms with E-state index in [1.807, 2.05) is 35.2 Å². The van der Waals surface area contributed by atoms with Crippen molar-refractivity contribution in [1.82, 2.24) is 30.0 Å². The van der Waals surface area contributed by atoms with Crippen molar-refractivity contribution in [3.63, 3.8) is 0 Å². The number of piperidine rings is 1. The van der Waals surface area contributed by atoms with Crippen LogP contribution in [0.25, 0.3) is 5.69 Å². The predicted octanol–water partition coefficient (Wildman–Crippen LogP) is 1.43. The van der Waals surface area contributed by atoms with E-state index in [1.165, 1.54) is 6.42 Å². The molecule has 0 bridgehead atoms. The van der Waals surface area contributed by atoms with Crippen LogP contribution in [0.15, 0.2) is 30.3 Å². The van der Waals surface area contributed by atoms with Crippen molar-refractivity contribution in [2.75, 3.05) is 51.2 Å². The molecule has 2 aromatic rings. The van der Waals surface area contributed by atoms with Crippen LogP contribution in [0.3, 0.4) is 0 Å². The number of piperazine rings is 1. The van der Waals surface area contributed by atoms with E-state index >= 15 is 0 Å². The van der Waals surface area contributed by atoms with Crippen LogP contribution in [0.1, 0.15) is 25.7 Å². The molecule has 1 amide bonds. The number of likely N-dealkylation sites (N-methyl/N-ethyl adjacent to an activating group) is 1. The van der Waals surface area contributed by atoms with E-state index in [2.05, 4.69) is 32.4 Å². The molecule has 0 aliphatic carbocycles. The highest BCUT2D eigenvalue weighted by molar-refractivity contribution is 5.76. The van der Waals surface area contributed by atoms with Crippen molar-refractivity contribution >= 4 is 11.9 Å². The minimum absolute atomic E-state index is 0.305. The van der Waals surface area contributed by atoms with Crippen LogP contribution in [0.2, 0.25) is 0 Å². The van der Waals surface area contributed by atoms with Crippen LogP contribution in [-0.2, 0) is 4.79 Å². The van der Waals surface area contributed by atoms with Crippen molar-refractivity contribution in [2.24, 2.45) is 5.92 Å². The van der Waals surface area contributed by atoms with E-state index < -0.39 is 0 Å². The molecular weight excluding hydrogens is 354 g/mol. The van der Waals surface area contributed by atoms with Gasteiger partial charge in [0.2, 0.25) is 11.9 Å². The molecule has 8 nitrogen and oxygen atoms in total. The predicted molar refractivity (Wildman–Crippen MR) is 107 cm³/mol. The summed E-state index contributed by atoms with van der Waals surface area (Å²) in [6.07, 6.45) is 3.86. The van der Waals surface area contributed by atoms with Gasteiger partial charge in [0, 0.05) is 45.7 Å². The summed E-state index contributed by atoms with van der Waals surface area (Å²) in [5.41, 5.74) is 0.967. The Labute approximate surface area is 166 Å². The fraction of sp³-hybridized carbons (Fsp3) is 0.600. The summed E-state index contributed by atoms with van der Waals surface area (Å²) in [4.78, 5) is 19.1. The highest BCUT2D eigenvalue weighted by atomic mass is 16.2. The van der Waals surface area contributed by atoms with Gasteiger partial charge in [0.05, 0.1) is 5.69 Å². The summed E-state index contributed by atoms with van der Waals surface area (Å²) in [6.45, 7) is 5.53. The zero-order chi connectivity index (χ0) is 19.3. The number of hydrogen-bond acceptors (Lipinski definition) is 6. The molecule has 2 fully saturated rings. The second kappa shape index (κ2) is 8.68. The lowest BCUT2D eigenvalue weighted by molar-refractivity contribution is -0.133. The second-order valence-electron chi connectivity index (χ2n) is 7.90. The number of amides is 1. The second-order valence-corrected chi connectivity index (χ2v) is 7.90. The molecule has 4 rings (SSSR count). The van der Waals surface area contributed by atoms with Crippen molar-refractivity contribution < 1.29 is 4.79 Å². The third kappa shape index (κ3) is 4.32. The number of para-hydroxylation sites is 1. The Hall–Kier alpha value is -2.48. The van der Waals surface area contributed by atoms with E-state index in [4.69, 9.17) is 0 Å². The molecule has 0 N–H and O–H groups in total. The van der Waals surface area contributed by atoms with Crippen molar-refractivity contribution in [1.29, 1.82) is 0 Å². The van der Waals surface area contributed by atoms with Gasteiger partial charge < -0.3 is 14.7 Å². The number of carbonyl (C=O) groups is 1. The highest BCUT2D eigenvalue weighted by Gasteiger charge is 2.26. The normalized spacial score (nSPS) is 21.1. The summed E-state index contributed by atoms with van der Waals surface area (Å²) in [7, 11) is 2.11. The van der Waals surface area contributed by atoms with Gasteiger partial charge >= 0.3 is 0 Å². The van der Waals surface area contributed by atoms with Gasteiger partial charge in [-0.15, -0.1) is 0 Å². The summed E-state index contributed by atoms with van der Waals surface area (Å²) in [5.74, 6) is 1.60. The van der Waals surface area contributed by atoms with Crippen molar-refractivity contribution in [3.05, 3.63) is 30.3 Å². The average Bonchev–Trinajstić information content (AvgIpc) is 3.23. The molecule has 1 aromatic heterocycles. The van der Waals surface area contributed by atoms with Gasteiger partial charge in [-0.05, 0) is 54.8 Å². The van der Waals surface area contributed by atoms with Gasteiger partial charge in [0.15, 0.2) is 0 Å². The zero-order valence-electron chi connectivity index (χ0n) is 16.6. The summed E-state index contributed by atoms with van der Waals surface area (Å²) < 4.78 is 1.80. The van der Waals surface area contributed by atoms with E-state index in [1.54, 1.807) is 4.68 Å². The highest BCUT2D eigenvalue weighted by Crippen LogP contribution is 2.26. The average molecular weight is 384 g/mol. The van der Waals surface area contributed by atoms with Gasteiger partial charge in [-0.3, -0.25) is 4.79 Å². The summed E-state index contributed by atoms with van der Waals surface area (Å²) >= 11 is 0. The van der Waals surface area contributed by atoms with Crippen LogP contribution in [0, 0.1) is 5.92 Å². The van der Waals surface area contributed by atoms with Crippen LogP contribution in [-0.4, -0.2) is 82.2 Å². The first kappa shape index (κ1) is 18.9. The van der Waals surface area contributed by atoms with Crippen LogP contribution >= 0.6 is 0 Å². The minimum atomic E-state index is 0.305. The van der Waals surface area contributed by atoms with Gasteiger partial charge in [0.25, 0.3) is 0 Å². The first-order valence-electron chi connectivity index (χ1n) is 10.3. The lowest BCUT2D eigenvalue weighted by atomic mass is 9.93. The molecule has 0 spiro atoms. The largest absolute Gasteiger partial charge is 0.340 e. The number of tetrazole rings is 1. The lowest BCUT2D eigenvalue weighted by Crippen LogP contribution is -2.47. The SMILES string of the molecule is CN1CCN(C(=O)CCC2CCCN(c3nnnn3-c3ccccc3)C2)CC1. The number of hydrogen-bond donors (Lipinski definition) is 0. The molecule has 2 saturated heterocycles. The Balaban J connectivity index is 1.34. The van der Waals surface area contributed by atoms with Gasteiger partial charge in [0.1, 0.15) is 0 Å². The van der Waals surface area contributed by atoms with Gasteiger partial charge in [-0.25, -0.2) is 0 Å². The molecule has 8 heteroatoms. The molecule has 1 atom stereocenters. The third-order valence-corrected chi connectivity index (χ3v) is 5.88. The van der Waals surface area contributed by atoms with E-state index in [-0.39, 0.29) is 0 Å². The molecular formula is C20H29N7O. The number of benzene rings is 1. The molecule has 0 radical (unpaired) electrons. The quantitative estimate of drug-likeness (QED) is 0.778. The van der Waals surface area contributed by atoms with Crippen LogP contribution in [0.4, 0.5) is 5.95 Å². The standard InChI is InChI=1S/C20H29N7O/c1-24-12-14-25(15-13-24)19(28)10-9-17-6-5-11-26(16-17)20-21-22-23-27(20)18-7-3-2-4-8-18/h2-4,7-8,17H,5-6,9-16H2,1H3. The van der Waals surface area contributed by atoms with E-state index in [0.29, 0.717) is 18.2 Å². The first-order chi connectivity index (χ1) is 13.7. The Kier molecular flexibility index (Phi) is 5.85. The van der Waals surface area contributed by atoms with Crippen molar-refractivity contribution in [2.45, 2.75) is 25.7 Å². The Morgan fingerprint density at radius 2 is 1.89 bits per heavy atom. The van der Waals surface area contributed by atoms with E-state index in [0.717, 1.165) is 63.7 Å². The maximum absolute atomic E-state index is 12.6. The molecule has 1 unspecified atom stereocenters. The first-order valence-corrected chi connectivity index (χ1v) is 10.3. The Morgan fingerprint density at radius 3 is 2.68 bits per heavy atom. The molecule has 0 saturated carbocycles. The fourth-order valence-electron chi connectivity index (χ4n) is 4.14. The molecule has 28 heavy (non-hydrogen) atoms. The summed E-state index contributed by atoms with van der Waals surface area (Å²) in [5, 5.41) is 12.3. The Bertz CT molecular complexity index is 770. The monoisotopic (exact) mass is 383 g/mol. The topological polar surface area (TPSA) is 70.4 Å². The maximum atomic E-state index is 12.6. The van der Waals surface area contributed by atoms with Crippen molar-refractivity contribution in [3.8, 4) is 5.69 Å². The molecule has 2 aliphatic heterocycles. The number of anilines is 1. The molecule has 2 aliphatic rings. The number of nitrogens with zero attached hydrogens (tertiary/aromatic N) is 7. The molecule has 1 aromatic carbocycles. The van der Waals surface area contributed by atoms with Crippen LogP contribution < -0.4 is 4.90 Å². The minimum Gasteiger partial charge on any atom is -0.340 e. The molecule has 3 heterocycles. The number of carbonyl (C=O) groups excluding carboxylic acids is 1. The number of aromatic nitrogens is 4. The third-order valence-electron chi connectivity index (χ3n) is 5.88. The van der Waals surface area contributed by atoms with Gasteiger partial charge in [-0.2, -0.15) is 4.68 Å². The smallest absolute Gasteiger partial charge is 0.250 e. The van der Waals surface area contributed by atoms with Crippen LogP contribution in [0.5, 0.6) is 0 Å². The summed E-state index contributed by atoms with van der Waals surface area (Å²) in [6, 6.07) is 9.99. The van der Waals surface area contributed by atoms with E-state index in [9.17, 15) is 4.79 Å². The maximum Gasteiger partial charge on any atom is 0.250 e. The fourth-order valence-corrected chi connectivity index (χ4v) is 4.14. The lowest BCUT2D eigenvalue weighted by Gasteiger charge is -2.34.